The van der Waals surface area contributed by atoms with Gasteiger partial charge in [-0.15, -0.1) is 108 Å². The molecule has 252 valence electrons. The summed E-state index contributed by atoms with van der Waals surface area (Å²) in [6.45, 7) is 2.49. The van der Waals surface area contributed by atoms with Gasteiger partial charge in [0, 0.05) is 6.20 Å². The van der Waals surface area contributed by atoms with Crippen LogP contribution in [0.25, 0.3) is 44.3 Å². The fourth-order valence-corrected chi connectivity index (χ4v) is 8.40. The Balaban J connectivity index is 0.000000111. The normalized spacial score (nSPS) is 21.5. The summed E-state index contributed by atoms with van der Waals surface area (Å²) in [6.07, 6.45) is 7.34. The molecule has 5 aromatic carbocycles. The Morgan fingerprint density at radius 2 is 1.12 bits per heavy atom. The molecule has 4 unspecified atom stereocenters. The number of rotatable bonds is 3. The van der Waals surface area contributed by atoms with Crippen LogP contribution in [0.4, 0.5) is 0 Å². The molecule has 0 amide bonds. The molecule has 0 saturated heterocycles. The van der Waals surface area contributed by atoms with Crippen LogP contribution < -0.4 is 0 Å². The molecule has 4 atom stereocenters. The minimum absolute atomic E-state index is 0. The predicted molar refractivity (Wildman–Crippen MR) is 208 cm³/mol. The van der Waals surface area contributed by atoms with Crippen molar-refractivity contribution < 1.29 is 20.1 Å². The number of fused-ring (bicyclic) bond motifs is 3. The molecule has 7 aromatic rings. The van der Waals surface area contributed by atoms with Gasteiger partial charge >= 0.3 is 20.1 Å². The third-order valence-corrected chi connectivity index (χ3v) is 11.2. The van der Waals surface area contributed by atoms with Crippen LogP contribution in [-0.2, 0) is 20.1 Å². The molecule has 0 radical (unpaired) electrons. The Morgan fingerprint density at radius 1 is 0.596 bits per heavy atom. The third-order valence-electron chi connectivity index (χ3n) is 11.2. The van der Waals surface area contributed by atoms with Crippen molar-refractivity contribution >= 4 is 27.5 Å². The number of benzene rings is 5. The Morgan fingerprint density at radius 3 is 1.65 bits per heavy atom. The monoisotopic (exact) mass is 847 g/mol. The zero-order valence-corrected chi connectivity index (χ0v) is 31.2. The molecular formula is C48H36IrN3. The summed E-state index contributed by atoms with van der Waals surface area (Å²) in [5, 5.41) is 2.34. The van der Waals surface area contributed by atoms with E-state index in [1.54, 1.807) is 5.57 Å². The second-order valence-electron chi connectivity index (χ2n) is 13.9. The van der Waals surface area contributed by atoms with Gasteiger partial charge in [-0.05, 0) is 87.2 Å². The van der Waals surface area contributed by atoms with E-state index in [9.17, 15) is 0 Å². The molecular weight excluding hydrogens is 811 g/mol. The summed E-state index contributed by atoms with van der Waals surface area (Å²) in [5.41, 5.74) is 12.0. The van der Waals surface area contributed by atoms with Crippen LogP contribution in [0.1, 0.15) is 25.3 Å². The van der Waals surface area contributed by atoms with E-state index in [0.29, 0.717) is 11.3 Å². The zero-order valence-electron chi connectivity index (χ0n) is 28.8. The van der Waals surface area contributed by atoms with Gasteiger partial charge in [0.2, 0.25) is 0 Å². The zero-order chi connectivity index (χ0) is 34.2. The Bertz CT molecular complexity index is 2340. The first-order chi connectivity index (χ1) is 25.1. The summed E-state index contributed by atoms with van der Waals surface area (Å²) in [6, 6.07) is 58.3. The van der Waals surface area contributed by atoms with Crippen molar-refractivity contribution in [1.29, 1.82) is 0 Å². The fraction of sp³-hybridized carbons (Fsp3) is 0.146. The number of pyridine rings is 2. The maximum Gasteiger partial charge on any atom is 3.00 e. The van der Waals surface area contributed by atoms with E-state index in [4.69, 9.17) is 4.99 Å². The van der Waals surface area contributed by atoms with Gasteiger partial charge in [0.1, 0.15) is 0 Å². The van der Waals surface area contributed by atoms with Gasteiger partial charge in [0.25, 0.3) is 0 Å². The van der Waals surface area contributed by atoms with Crippen LogP contribution in [0, 0.1) is 41.4 Å². The second kappa shape index (κ2) is 14.4. The molecule has 4 aliphatic carbocycles. The van der Waals surface area contributed by atoms with Crippen molar-refractivity contribution in [1.82, 2.24) is 9.97 Å². The van der Waals surface area contributed by atoms with Crippen LogP contribution in [0.5, 0.6) is 0 Å². The molecule has 4 heteroatoms. The van der Waals surface area contributed by atoms with Gasteiger partial charge in [-0.1, -0.05) is 73.7 Å². The van der Waals surface area contributed by atoms with Crippen LogP contribution in [0.15, 0.2) is 174 Å². The minimum atomic E-state index is 0. The van der Waals surface area contributed by atoms with E-state index >= 15 is 0 Å². The van der Waals surface area contributed by atoms with Gasteiger partial charge < -0.3 is 4.99 Å². The van der Waals surface area contributed by atoms with Gasteiger partial charge in [-0.25, -0.2) is 0 Å². The average molecular weight is 847 g/mol. The van der Waals surface area contributed by atoms with Gasteiger partial charge in [0.05, 0.1) is 11.0 Å². The Labute approximate surface area is 319 Å². The largest absolute Gasteiger partial charge is 3.00 e. The van der Waals surface area contributed by atoms with E-state index in [-0.39, 0.29) is 20.1 Å². The van der Waals surface area contributed by atoms with Crippen LogP contribution in [0.2, 0.25) is 0 Å². The standard InChI is InChI=1S/C18H16N.2C15H10N.Ir/c1-18-13-7-12-8-16(18)17(11-5-3-2-4-6-11)19-10-14(12)15(18)9-13;2*1-2-6-12(7-3-1)15-11-10-13-8-4-5-9-14(13)16-15;/h2-5,8,10,13,15-16H,7,9H2,1H3;2*1-6,8-11H;/q3*-1;+3. The van der Waals surface area contributed by atoms with Crippen LogP contribution >= 0.6 is 0 Å². The first-order valence-corrected chi connectivity index (χ1v) is 17.8. The van der Waals surface area contributed by atoms with Crippen molar-refractivity contribution in [2.45, 2.75) is 19.8 Å². The van der Waals surface area contributed by atoms with Crippen LogP contribution in [0.3, 0.4) is 0 Å². The predicted octanol–water partition coefficient (Wildman–Crippen LogP) is 11.2. The van der Waals surface area contributed by atoms with Crippen molar-refractivity contribution in [2.75, 3.05) is 0 Å². The molecule has 4 heterocycles. The van der Waals surface area contributed by atoms with Crippen molar-refractivity contribution in [3.8, 4) is 22.5 Å². The summed E-state index contributed by atoms with van der Waals surface area (Å²) in [7, 11) is 0. The number of allylic oxidation sites excluding steroid dienone is 3. The number of hydrogen-bond donors (Lipinski definition) is 0. The molecule has 0 spiro atoms. The first-order valence-electron chi connectivity index (χ1n) is 17.8. The molecule has 52 heavy (non-hydrogen) atoms. The molecule has 2 fully saturated rings. The smallest absolute Gasteiger partial charge is 0.308 e. The second-order valence-corrected chi connectivity index (χ2v) is 13.9. The van der Waals surface area contributed by atoms with Gasteiger partial charge in [0.15, 0.2) is 0 Å². The van der Waals surface area contributed by atoms with E-state index in [2.05, 4.69) is 83.8 Å². The van der Waals surface area contributed by atoms with Gasteiger partial charge in [-0.2, -0.15) is 0 Å². The van der Waals surface area contributed by atoms with E-state index in [1.807, 2.05) is 109 Å². The Hall–Kier alpha value is -5.28. The molecule has 2 saturated carbocycles. The third kappa shape index (κ3) is 6.17. The Kier molecular flexibility index (Phi) is 9.36. The summed E-state index contributed by atoms with van der Waals surface area (Å²) in [4.78, 5) is 14.1. The molecule has 6 bridgehead atoms. The maximum absolute atomic E-state index is 4.85. The van der Waals surface area contributed by atoms with Crippen molar-refractivity contribution in [2.24, 2.45) is 28.2 Å². The molecule has 6 aliphatic rings. The molecule has 3 nitrogen and oxygen atoms in total. The van der Waals surface area contributed by atoms with E-state index in [1.165, 1.54) is 40.5 Å². The average Bonchev–Trinajstić information content (AvgIpc) is 3.44. The first kappa shape index (κ1) is 33.8. The number of aromatic nitrogens is 2. The minimum Gasteiger partial charge on any atom is -0.308 e. The number of aliphatic imine (C=N–C) groups is 1. The molecule has 0 N–H and O–H groups in total. The summed E-state index contributed by atoms with van der Waals surface area (Å²) >= 11 is 0. The summed E-state index contributed by atoms with van der Waals surface area (Å²) < 4.78 is 0. The van der Waals surface area contributed by atoms with Crippen molar-refractivity contribution in [3.63, 3.8) is 0 Å². The topological polar surface area (TPSA) is 38.1 Å². The molecule has 2 aromatic heterocycles. The number of para-hydroxylation sites is 2. The molecule has 13 rings (SSSR count). The summed E-state index contributed by atoms with van der Waals surface area (Å²) in [5.74, 6) is 2.15. The quantitative estimate of drug-likeness (QED) is 0.166. The number of hydrogen-bond acceptors (Lipinski definition) is 3. The number of nitrogens with zero attached hydrogens (tertiary/aromatic N) is 3. The van der Waals surface area contributed by atoms with E-state index < -0.39 is 0 Å². The van der Waals surface area contributed by atoms with Gasteiger partial charge in [-0.3, -0.25) is 9.97 Å². The van der Waals surface area contributed by atoms with Crippen molar-refractivity contribution in [3.05, 3.63) is 193 Å². The van der Waals surface area contributed by atoms with E-state index in [0.717, 1.165) is 45.4 Å². The fourth-order valence-electron chi connectivity index (χ4n) is 8.40. The molecule has 2 aliphatic heterocycles. The maximum atomic E-state index is 4.85. The van der Waals surface area contributed by atoms with Crippen LogP contribution in [-0.4, -0.2) is 15.7 Å². The SMILES string of the molecule is CC12C3CC4=CC1C(c1[c-]cccc1)=NC=C4C2C3.[Ir+3].[c-]1ccccc1-c1ccc2ccccc2n1.[c-]1ccccc1-c1ccc2ccccc2n1.